The summed E-state index contributed by atoms with van der Waals surface area (Å²) in [5.74, 6) is 0. The zero-order valence-corrected chi connectivity index (χ0v) is 24.0. The van der Waals surface area contributed by atoms with E-state index in [-0.39, 0.29) is 24.8 Å². The van der Waals surface area contributed by atoms with Crippen molar-refractivity contribution in [1.29, 1.82) is 0 Å². The van der Waals surface area contributed by atoms with Gasteiger partial charge in [0.25, 0.3) is 0 Å². The quantitative estimate of drug-likeness (QED) is 0.276. The van der Waals surface area contributed by atoms with Crippen LogP contribution in [0.4, 0.5) is 0 Å². The van der Waals surface area contributed by atoms with E-state index in [0.29, 0.717) is 0 Å². The summed E-state index contributed by atoms with van der Waals surface area (Å²) in [6.07, 6.45) is 5.73. The molecule has 0 bridgehead atoms. The van der Waals surface area contributed by atoms with E-state index in [2.05, 4.69) is 128 Å². The summed E-state index contributed by atoms with van der Waals surface area (Å²) in [6.45, 7) is 0.959. The Bertz CT molecular complexity index is 1330. The van der Waals surface area contributed by atoms with Crippen LogP contribution < -0.4 is 36.4 Å². The van der Waals surface area contributed by atoms with Crippen molar-refractivity contribution in [3.63, 3.8) is 0 Å². The first-order chi connectivity index (χ1) is 16.6. The predicted molar refractivity (Wildman–Crippen MR) is 142 cm³/mol. The molecular weight excluding hydrogens is 521 g/mol. The Morgan fingerprint density at radius 1 is 0.750 bits per heavy atom. The number of rotatable bonds is 7. The summed E-state index contributed by atoms with van der Waals surface area (Å²) in [6, 6.07) is 35.2. The molecule has 1 aliphatic carbocycles. The standard InChI is InChI=1S/C18H18N.2C6H5.CH3O.2ClH.Ti/c1-19(2)13-14-7-8-17(11-14)18-10-9-15-5-3-4-6-16(15)12-18;2*1-2-4-6-5-3-1;1-2;;;/h3-7,9-11H,8,13H2,1-2H3;2*1-5H;1H3;2*1H;/q;;;-1;;;+3/p-2. The van der Waals surface area contributed by atoms with E-state index in [1.165, 1.54) is 39.1 Å². The molecular formula is C31H31Cl2NOTi. The summed E-state index contributed by atoms with van der Waals surface area (Å²) in [5, 5.41) is 2.57. The van der Waals surface area contributed by atoms with Gasteiger partial charge in [-0.2, -0.15) is 0 Å². The first kappa shape index (κ1) is 28.4. The number of fused-ring (bicyclic) bond motifs is 1. The van der Waals surface area contributed by atoms with Gasteiger partial charge in [0, 0.05) is 0 Å². The second-order valence-electron chi connectivity index (χ2n) is 9.22. The fourth-order valence-electron chi connectivity index (χ4n) is 5.30. The summed E-state index contributed by atoms with van der Waals surface area (Å²) in [4.78, 5) is 2.23. The van der Waals surface area contributed by atoms with Crippen LogP contribution >= 0.6 is 0 Å². The van der Waals surface area contributed by atoms with Crippen molar-refractivity contribution in [2.45, 2.75) is 6.42 Å². The Labute approximate surface area is 231 Å². The van der Waals surface area contributed by atoms with E-state index in [0.717, 1.165) is 13.0 Å². The fraction of sp³-hybridized carbons (Fsp3) is 0.161. The minimum Gasteiger partial charge on any atom is -1.00 e. The molecule has 0 heterocycles. The van der Waals surface area contributed by atoms with Gasteiger partial charge in [-0.15, -0.1) is 0 Å². The molecule has 0 radical (unpaired) electrons. The number of nitrogens with zero attached hydrogens (tertiary/aromatic N) is 1. The van der Waals surface area contributed by atoms with Crippen molar-refractivity contribution in [2.75, 3.05) is 27.7 Å². The van der Waals surface area contributed by atoms with E-state index < -0.39 is 17.0 Å². The minimum atomic E-state index is -3.52. The van der Waals surface area contributed by atoms with Crippen LogP contribution in [0, 0.1) is 0 Å². The first-order valence-electron chi connectivity index (χ1n) is 11.9. The number of allylic oxidation sites excluding steroid dienone is 2. The van der Waals surface area contributed by atoms with Crippen LogP contribution in [0.1, 0.15) is 12.0 Å². The molecule has 0 atom stereocenters. The SMILES string of the molecule is C[O][Ti+2]([c]1ccccc1)([c]1ccccc1)[c]1c(C2=CC(CN(C)C)=CC2)ccc2ccccc12.[Cl-].[Cl-]. The first-order valence-corrected chi connectivity index (χ1v) is 14.8. The normalized spacial score (nSPS) is 12.7. The van der Waals surface area contributed by atoms with Crippen LogP contribution in [0.3, 0.4) is 0 Å². The Balaban J connectivity index is 0.00000180. The maximum absolute atomic E-state index is 6.83. The molecule has 36 heavy (non-hydrogen) atoms. The molecule has 0 N–H and O–H groups in total. The number of halogens is 2. The third kappa shape index (κ3) is 5.26. The van der Waals surface area contributed by atoms with Crippen LogP contribution in [0.5, 0.6) is 0 Å². The summed E-state index contributed by atoms with van der Waals surface area (Å²) in [7, 11) is 6.18. The molecule has 0 saturated carbocycles. The van der Waals surface area contributed by atoms with Crippen molar-refractivity contribution in [2.24, 2.45) is 0 Å². The average Bonchev–Trinajstić information content (AvgIpc) is 3.34. The van der Waals surface area contributed by atoms with E-state index in [9.17, 15) is 0 Å². The molecule has 0 spiro atoms. The zero-order valence-electron chi connectivity index (χ0n) is 20.9. The van der Waals surface area contributed by atoms with Gasteiger partial charge in [0.2, 0.25) is 0 Å². The van der Waals surface area contributed by atoms with E-state index in [1.807, 2.05) is 7.11 Å². The van der Waals surface area contributed by atoms with Crippen LogP contribution in [0.2, 0.25) is 0 Å². The van der Waals surface area contributed by atoms with Gasteiger partial charge in [0.15, 0.2) is 0 Å². The van der Waals surface area contributed by atoms with Gasteiger partial charge in [0.05, 0.1) is 0 Å². The van der Waals surface area contributed by atoms with Gasteiger partial charge in [-0.3, -0.25) is 0 Å². The Morgan fingerprint density at radius 3 is 1.92 bits per heavy atom. The number of benzene rings is 4. The van der Waals surface area contributed by atoms with E-state index in [1.54, 1.807) is 0 Å². The topological polar surface area (TPSA) is 12.5 Å². The summed E-state index contributed by atoms with van der Waals surface area (Å²) < 4.78 is 10.9. The molecule has 0 amide bonds. The molecule has 4 aromatic rings. The van der Waals surface area contributed by atoms with Crippen molar-refractivity contribution < 1.29 is 45.1 Å². The number of hydrogen-bond acceptors (Lipinski definition) is 2. The second kappa shape index (κ2) is 12.4. The minimum absolute atomic E-state index is 0. The predicted octanol–water partition coefficient (Wildman–Crippen LogP) is -0.885. The number of hydrogen-bond donors (Lipinski definition) is 0. The Morgan fingerprint density at radius 2 is 1.33 bits per heavy atom. The maximum Gasteiger partial charge on any atom is -1.00 e. The van der Waals surface area contributed by atoms with Crippen LogP contribution in [0.15, 0.2) is 115 Å². The maximum atomic E-state index is 6.83. The van der Waals surface area contributed by atoms with Gasteiger partial charge in [-0.1, -0.05) is 0 Å². The van der Waals surface area contributed by atoms with Crippen molar-refractivity contribution in [1.82, 2.24) is 4.90 Å². The molecule has 5 heteroatoms. The third-order valence-corrected chi connectivity index (χ3v) is 13.2. The molecule has 0 aliphatic heterocycles. The second-order valence-corrected chi connectivity index (χ2v) is 14.6. The van der Waals surface area contributed by atoms with Gasteiger partial charge in [-0.05, 0) is 0 Å². The summed E-state index contributed by atoms with van der Waals surface area (Å²) >= 11 is -3.52. The molecule has 2 nitrogen and oxygen atoms in total. The summed E-state index contributed by atoms with van der Waals surface area (Å²) in [5.41, 5.74) is 4.10. The van der Waals surface area contributed by atoms with Crippen LogP contribution in [0.25, 0.3) is 16.3 Å². The molecule has 5 rings (SSSR count). The monoisotopic (exact) mass is 551 g/mol. The van der Waals surface area contributed by atoms with Crippen molar-refractivity contribution >= 4 is 28.0 Å². The average molecular weight is 552 g/mol. The molecule has 0 saturated heterocycles. The van der Waals surface area contributed by atoms with Gasteiger partial charge < -0.3 is 24.8 Å². The Hall–Kier alpha value is -2.17. The van der Waals surface area contributed by atoms with E-state index >= 15 is 0 Å². The van der Waals surface area contributed by atoms with E-state index in [4.69, 9.17) is 3.32 Å². The largest absolute Gasteiger partial charge is 1.00 e. The molecule has 0 aromatic heterocycles. The zero-order chi connectivity index (χ0) is 23.5. The van der Waals surface area contributed by atoms with Gasteiger partial charge in [0.1, 0.15) is 0 Å². The number of likely N-dealkylation sites (N-methyl/N-ethyl adjacent to an activating group) is 1. The molecule has 0 unspecified atom stereocenters. The molecule has 184 valence electrons. The molecule has 0 fully saturated rings. The van der Waals surface area contributed by atoms with Crippen LogP contribution in [-0.4, -0.2) is 32.6 Å². The van der Waals surface area contributed by atoms with Gasteiger partial charge >= 0.3 is 208 Å². The Kier molecular flexibility index (Phi) is 9.77. The van der Waals surface area contributed by atoms with Crippen molar-refractivity contribution in [3.05, 3.63) is 120 Å². The van der Waals surface area contributed by atoms with Crippen LogP contribution in [-0.2, 0) is 20.3 Å². The third-order valence-electron chi connectivity index (χ3n) is 6.74. The van der Waals surface area contributed by atoms with Crippen molar-refractivity contribution in [3.8, 4) is 0 Å². The fourth-order valence-corrected chi connectivity index (χ4v) is 11.8. The molecule has 4 aromatic carbocycles. The van der Waals surface area contributed by atoms with Gasteiger partial charge in [-0.25, -0.2) is 0 Å². The molecule has 1 aliphatic rings. The smallest absolute Gasteiger partial charge is 1.00 e.